The smallest absolute Gasteiger partial charge is 0.00518 e. The maximum atomic E-state index is 2.36. The lowest BCUT2D eigenvalue weighted by Gasteiger charge is -2.19. The van der Waals surface area contributed by atoms with Gasteiger partial charge in [-0.15, -0.1) is 0 Å². The fourth-order valence-corrected chi connectivity index (χ4v) is 3.08. The van der Waals surface area contributed by atoms with E-state index >= 15 is 0 Å². The molecule has 0 unspecified atom stereocenters. The molecular weight excluding hydrogens is 252 g/mol. The van der Waals surface area contributed by atoms with Crippen molar-refractivity contribution in [2.75, 3.05) is 0 Å². The van der Waals surface area contributed by atoms with Gasteiger partial charge in [0.2, 0.25) is 0 Å². The molecule has 0 amide bonds. The molecule has 0 saturated carbocycles. The Labute approximate surface area is 128 Å². The summed E-state index contributed by atoms with van der Waals surface area (Å²) in [6.45, 7) is 9.04. The van der Waals surface area contributed by atoms with E-state index in [9.17, 15) is 0 Å². The molecule has 0 spiro atoms. The normalized spacial score (nSPS) is 14.0. The maximum absolute atomic E-state index is 2.36. The Hall–Kier alpha value is -1.82. The van der Waals surface area contributed by atoms with Gasteiger partial charge in [0, 0.05) is 0 Å². The Morgan fingerprint density at radius 2 is 1.67 bits per heavy atom. The first-order chi connectivity index (χ1) is 9.99. The quantitative estimate of drug-likeness (QED) is 0.631. The third-order valence-electron chi connectivity index (χ3n) is 4.49. The van der Waals surface area contributed by atoms with Crippen LogP contribution in [-0.2, 0) is 11.8 Å². The van der Waals surface area contributed by atoms with Crippen molar-refractivity contribution in [3.05, 3.63) is 64.7 Å². The molecule has 108 valence electrons. The van der Waals surface area contributed by atoms with Crippen LogP contribution in [0.5, 0.6) is 0 Å². The topological polar surface area (TPSA) is 0 Å². The molecule has 1 aliphatic rings. The van der Waals surface area contributed by atoms with Crippen LogP contribution in [0, 0.1) is 0 Å². The zero-order valence-corrected chi connectivity index (χ0v) is 13.5. The molecule has 0 radical (unpaired) electrons. The SMILES string of the molecule is CCC1=Cc2cccc(-c3ccc(C(C)(C)C)cc3)c2C1. The van der Waals surface area contributed by atoms with Crippen LogP contribution in [-0.4, -0.2) is 0 Å². The molecular formula is C21H24. The summed E-state index contributed by atoms with van der Waals surface area (Å²) in [4.78, 5) is 0. The molecule has 0 atom stereocenters. The van der Waals surface area contributed by atoms with Gasteiger partial charge in [-0.1, -0.05) is 81.8 Å². The molecule has 0 heterocycles. The minimum atomic E-state index is 0.216. The van der Waals surface area contributed by atoms with E-state index in [2.05, 4.69) is 76.2 Å². The van der Waals surface area contributed by atoms with Crippen LogP contribution in [0.2, 0.25) is 0 Å². The van der Waals surface area contributed by atoms with Gasteiger partial charge in [0.15, 0.2) is 0 Å². The van der Waals surface area contributed by atoms with Gasteiger partial charge in [-0.2, -0.15) is 0 Å². The Bertz CT molecular complexity index is 679. The summed E-state index contributed by atoms with van der Waals surface area (Å²) >= 11 is 0. The lowest BCUT2D eigenvalue weighted by Crippen LogP contribution is -2.10. The molecule has 0 aliphatic heterocycles. The number of fused-ring (bicyclic) bond motifs is 1. The van der Waals surface area contributed by atoms with E-state index in [1.807, 2.05) is 0 Å². The van der Waals surface area contributed by atoms with Gasteiger partial charge < -0.3 is 0 Å². The van der Waals surface area contributed by atoms with Gasteiger partial charge in [-0.3, -0.25) is 0 Å². The Morgan fingerprint density at radius 1 is 0.952 bits per heavy atom. The predicted molar refractivity (Wildman–Crippen MR) is 92.6 cm³/mol. The van der Waals surface area contributed by atoms with E-state index < -0.39 is 0 Å². The van der Waals surface area contributed by atoms with Crippen molar-refractivity contribution >= 4 is 6.08 Å². The first-order valence-corrected chi connectivity index (χ1v) is 7.91. The summed E-state index contributed by atoms with van der Waals surface area (Å²) < 4.78 is 0. The van der Waals surface area contributed by atoms with Crippen LogP contribution in [0.1, 0.15) is 50.8 Å². The lowest BCUT2D eigenvalue weighted by atomic mass is 9.85. The van der Waals surface area contributed by atoms with E-state index in [1.54, 1.807) is 5.57 Å². The van der Waals surface area contributed by atoms with Gasteiger partial charge in [0.1, 0.15) is 0 Å². The highest BCUT2D eigenvalue weighted by molar-refractivity contribution is 5.77. The summed E-state index contributed by atoms with van der Waals surface area (Å²) in [6, 6.07) is 15.8. The summed E-state index contributed by atoms with van der Waals surface area (Å²) in [5, 5.41) is 0. The molecule has 2 aromatic carbocycles. The molecule has 21 heavy (non-hydrogen) atoms. The van der Waals surface area contributed by atoms with Crippen LogP contribution >= 0.6 is 0 Å². The second-order valence-electron chi connectivity index (χ2n) is 7.03. The largest absolute Gasteiger partial charge is 0.0655 e. The minimum absolute atomic E-state index is 0.216. The average molecular weight is 276 g/mol. The molecule has 1 aliphatic carbocycles. The summed E-state index contributed by atoms with van der Waals surface area (Å²) in [5.74, 6) is 0. The monoisotopic (exact) mass is 276 g/mol. The van der Waals surface area contributed by atoms with Crippen LogP contribution in [0.25, 0.3) is 17.2 Å². The van der Waals surface area contributed by atoms with Gasteiger partial charge in [-0.25, -0.2) is 0 Å². The number of hydrogen-bond acceptors (Lipinski definition) is 0. The highest BCUT2D eigenvalue weighted by Crippen LogP contribution is 2.35. The zero-order chi connectivity index (χ0) is 15.0. The fourth-order valence-electron chi connectivity index (χ4n) is 3.08. The Morgan fingerprint density at radius 3 is 2.29 bits per heavy atom. The van der Waals surface area contributed by atoms with Crippen LogP contribution < -0.4 is 0 Å². The third-order valence-corrected chi connectivity index (χ3v) is 4.49. The molecule has 0 N–H and O–H groups in total. The third kappa shape index (κ3) is 2.68. The Kier molecular flexibility index (Phi) is 3.49. The van der Waals surface area contributed by atoms with Gasteiger partial charge in [0.05, 0.1) is 0 Å². The van der Waals surface area contributed by atoms with Crippen LogP contribution in [0.4, 0.5) is 0 Å². The zero-order valence-electron chi connectivity index (χ0n) is 13.5. The first kappa shape index (κ1) is 14.1. The van der Waals surface area contributed by atoms with Crippen molar-refractivity contribution in [1.29, 1.82) is 0 Å². The van der Waals surface area contributed by atoms with E-state index in [0.717, 1.165) is 12.8 Å². The van der Waals surface area contributed by atoms with Crippen molar-refractivity contribution in [3.8, 4) is 11.1 Å². The summed E-state index contributed by atoms with van der Waals surface area (Å²) in [5.41, 5.74) is 8.80. The van der Waals surface area contributed by atoms with E-state index in [0.29, 0.717) is 0 Å². The van der Waals surface area contributed by atoms with Crippen molar-refractivity contribution in [2.24, 2.45) is 0 Å². The highest BCUT2D eigenvalue weighted by atomic mass is 14.2. The van der Waals surface area contributed by atoms with Crippen molar-refractivity contribution in [3.63, 3.8) is 0 Å². The standard InChI is InChI=1S/C21H24/c1-5-15-13-17-7-6-8-19(20(17)14-15)16-9-11-18(12-10-16)21(2,3)4/h6-13H,5,14H2,1-4H3. The Balaban J connectivity index is 1.99. The van der Waals surface area contributed by atoms with Crippen LogP contribution in [0.3, 0.4) is 0 Å². The summed E-state index contributed by atoms with van der Waals surface area (Å²) in [7, 11) is 0. The van der Waals surface area contributed by atoms with Crippen LogP contribution in [0.15, 0.2) is 48.0 Å². The molecule has 2 aromatic rings. The van der Waals surface area contributed by atoms with Crippen molar-refractivity contribution < 1.29 is 0 Å². The summed E-state index contributed by atoms with van der Waals surface area (Å²) in [6.07, 6.45) is 4.63. The molecule has 3 rings (SSSR count). The molecule has 0 nitrogen and oxygen atoms in total. The van der Waals surface area contributed by atoms with E-state index in [-0.39, 0.29) is 5.41 Å². The first-order valence-electron chi connectivity index (χ1n) is 7.91. The molecule has 0 aromatic heterocycles. The van der Waals surface area contributed by atoms with Crippen molar-refractivity contribution in [2.45, 2.75) is 46.0 Å². The molecule has 0 heteroatoms. The number of hydrogen-bond donors (Lipinski definition) is 0. The average Bonchev–Trinajstić information content (AvgIpc) is 2.89. The van der Waals surface area contributed by atoms with Gasteiger partial charge in [-0.05, 0) is 46.1 Å². The highest BCUT2D eigenvalue weighted by Gasteiger charge is 2.17. The molecule has 0 fully saturated rings. The second kappa shape index (κ2) is 5.18. The van der Waals surface area contributed by atoms with Crippen molar-refractivity contribution in [1.82, 2.24) is 0 Å². The molecule has 0 bridgehead atoms. The fraction of sp³-hybridized carbons (Fsp3) is 0.333. The molecule has 0 saturated heterocycles. The number of rotatable bonds is 2. The predicted octanol–water partition coefficient (Wildman–Crippen LogP) is 6.00. The lowest BCUT2D eigenvalue weighted by molar-refractivity contribution is 0.590. The second-order valence-corrected chi connectivity index (χ2v) is 7.03. The van der Waals surface area contributed by atoms with E-state index in [4.69, 9.17) is 0 Å². The van der Waals surface area contributed by atoms with E-state index in [1.165, 1.54) is 27.8 Å². The minimum Gasteiger partial charge on any atom is -0.0655 e. The van der Waals surface area contributed by atoms with Gasteiger partial charge in [0.25, 0.3) is 0 Å². The maximum Gasteiger partial charge on any atom is -0.00518 e. The number of benzene rings is 2. The number of allylic oxidation sites excluding steroid dienone is 1. The van der Waals surface area contributed by atoms with Gasteiger partial charge >= 0.3 is 0 Å².